The van der Waals surface area contributed by atoms with E-state index in [4.69, 9.17) is 4.74 Å². The number of anilines is 1. The van der Waals surface area contributed by atoms with E-state index in [1.54, 1.807) is 12.4 Å². The van der Waals surface area contributed by atoms with Gasteiger partial charge in [-0.25, -0.2) is 9.97 Å². The van der Waals surface area contributed by atoms with E-state index in [1.165, 1.54) is 11.1 Å². The van der Waals surface area contributed by atoms with Crippen molar-refractivity contribution in [3.8, 4) is 5.75 Å². The minimum atomic E-state index is -0.532. The molecule has 3 aromatic rings. The van der Waals surface area contributed by atoms with Crippen LogP contribution >= 0.6 is 0 Å². The molecule has 1 saturated heterocycles. The molecule has 0 aliphatic carbocycles. The zero-order valence-corrected chi connectivity index (χ0v) is 18.9. The lowest BCUT2D eigenvalue weighted by Crippen LogP contribution is -2.49. The number of β-amino-alcohol motifs (C(OH)–C–C–N with tert-alkyl or cyclic N) is 1. The summed E-state index contributed by atoms with van der Waals surface area (Å²) in [7, 11) is 0. The minimum absolute atomic E-state index is 0.0771. The van der Waals surface area contributed by atoms with Crippen LogP contribution in [0.4, 0.5) is 5.95 Å². The number of aliphatic hydroxyl groups excluding tert-OH is 1. The van der Waals surface area contributed by atoms with Gasteiger partial charge in [0, 0.05) is 50.5 Å². The average molecular weight is 433 g/mol. The number of nitrogens with zero attached hydrogens (tertiary/aromatic N) is 4. The SMILES string of the molecule is CC(C)(c1ccccc1)c1ccc(OCC(O)CN2CCN(c3ncccn3)CC2)cc1. The Hall–Kier alpha value is -2.96. The normalized spacial score (nSPS) is 16.0. The number of ether oxygens (including phenoxy) is 1. The van der Waals surface area contributed by atoms with Gasteiger partial charge in [-0.2, -0.15) is 0 Å². The Bertz CT molecular complexity index is 956. The third-order valence-corrected chi connectivity index (χ3v) is 6.19. The smallest absolute Gasteiger partial charge is 0.225 e. The molecule has 2 aromatic carbocycles. The van der Waals surface area contributed by atoms with Crippen LogP contribution in [0.3, 0.4) is 0 Å². The van der Waals surface area contributed by atoms with Gasteiger partial charge in [-0.1, -0.05) is 56.3 Å². The first-order valence-corrected chi connectivity index (χ1v) is 11.2. The van der Waals surface area contributed by atoms with Crippen LogP contribution in [-0.2, 0) is 5.41 Å². The zero-order valence-electron chi connectivity index (χ0n) is 18.9. The van der Waals surface area contributed by atoms with Gasteiger partial charge in [0.2, 0.25) is 5.95 Å². The summed E-state index contributed by atoms with van der Waals surface area (Å²) in [6.45, 7) is 8.80. The number of hydrogen-bond donors (Lipinski definition) is 1. The van der Waals surface area contributed by atoms with E-state index in [-0.39, 0.29) is 12.0 Å². The van der Waals surface area contributed by atoms with Crippen molar-refractivity contribution in [3.05, 3.63) is 84.2 Å². The number of piperazine rings is 1. The van der Waals surface area contributed by atoms with Crippen LogP contribution < -0.4 is 9.64 Å². The van der Waals surface area contributed by atoms with Crippen LogP contribution in [0.15, 0.2) is 73.1 Å². The van der Waals surface area contributed by atoms with E-state index in [0.717, 1.165) is 37.9 Å². The highest BCUT2D eigenvalue weighted by Gasteiger charge is 2.23. The van der Waals surface area contributed by atoms with Crippen molar-refractivity contribution < 1.29 is 9.84 Å². The highest BCUT2D eigenvalue weighted by molar-refractivity contribution is 5.39. The van der Waals surface area contributed by atoms with Gasteiger partial charge < -0.3 is 14.7 Å². The Balaban J connectivity index is 1.24. The van der Waals surface area contributed by atoms with Crippen LogP contribution in [-0.4, -0.2) is 65.4 Å². The molecule has 6 nitrogen and oxygen atoms in total. The second-order valence-corrected chi connectivity index (χ2v) is 8.82. The molecule has 32 heavy (non-hydrogen) atoms. The summed E-state index contributed by atoms with van der Waals surface area (Å²) in [5.41, 5.74) is 2.44. The van der Waals surface area contributed by atoms with Crippen molar-refractivity contribution in [1.29, 1.82) is 0 Å². The van der Waals surface area contributed by atoms with Gasteiger partial charge in [-0.15, -0.1) is 0 Å². The lowest BCUT2D eigenvalue weighted by molar-refractivity contribution is 0.0662. The van der Waals surface area contributed by atoms with Gasteiger partial charge in [-0.05, 0) is 29.3 Å². The third kappa shape index (κ3) is 5.44. The molecule has 0 spiro atoms. The summed E-state index contributed by atoms with van der Waals surface area (Å²) in [5, 5.41) is 10.5. The second kappa shape index (κ2) is 10.1. The molecule has 4 rings (SSSR count). The molecule has 1 aliphatic heterocycles. The van der Waals surface area contributed by atoms with E-state index in [1.807, 2.05) is 24.3 Å². The topological polar surface area (TPSA) is 61.7 Å². The van der Waals surface area contributed by atoms with Gasteiger partial charge in [0.1, 0.15) is 18.5 Å². The molecule has 0 bridgehead atoms. The van der Waals surface area contributed by atoms with Crippen LogP contribution in [0, 0.1) is 0 Å². The fourth-order valence-corrected chi connectivity index (χ4v) is 4.12. The summed E-state index contributed by atoms with van der Waals surface area (Å²) < 4.78 is 5.87. The largest absolute Gasteiger partial charge is 0.491 e. The predicted octanol–water partition coefficient (Wildman–Crippen LogP) is 3.36. The number of aromatic nitrogens is 2. The van der Waals surface area contributed by atoms with Gasteiger partial charge >= 0.3 is 0 Å². The van der Waals surface area contributed by atoms with Crippen molar-refractivity contribution in [3.63, 3.8) is 0 Å². The first-order chi connectivity index (χ1) is 15.5. The zero-order chi connectivity index (χ0) is 22.4. The van der Waals surface area contributed by atoms with Crippen LogP contribution in [0.2, 0.25) is 0 Å². The molecule has 1 unspecified atom stereocenters. The van der Waals surface area contributed by atoms with E-state index in [9.17, 15) is 5.11 Å². The van der Waals surface area contributed by atoms with Crippen LogP contribution in [0.1, 0.15) is 25.0 Å². The first kappa shape index (κ1) is 22.2. The van der Waals surface area contributed by atoms with Gasteiger partial charge in [0.25, 0.3) is 0 Å². The highest BCUT2D eigenvalue weighted by Crippen LogP contribution is 2.32. The molecule has 1 aliphatic rings. The molecule has 0 saturated carbocycles. The minimum Gasteiger partial charge on any atom is -0.491 e. The van der Waals surface area contributed by atoms with Gasteiger partial charge in [0.05, 0.1) is 0 Å². The Morgan fingerprint density at radius 2 is 1.50 bits per heavy atom. The summed E-state index contributed by atoms with van der Waals surface area (Å²) in [6.07, 6.45) is 3.01. The molecular formula is C26H32N4O2. The number of aliphatic hydroxyl groups is 1. The Labute approximate surface area is 190 Å². The fourth-order valence-electron chi connectivity index (χ4n) is 4.12. The summed E-state index contributed by atoms with van der Waals surface area (Å²) in [6, 6.07) is 20.5. The molecule has 1 atom stereocenters. The van der Waals surface area contributed by atoms with Crippen molar-refractivity contribution >= 4 is 5.95 Å². The average Bonchev–Trinajstić information content (AvgIpc) is 2.84. The van der Waals surface area contributed by atoms with Crippen LogP contribution in [0.25, 0.3) is 0 Å². The predicted molar refractivity (Wildman–Crippen MR) is 127 cm³/mol. The summed E-state index contributed by atoms with van der Waals surface area (Å²) in [5.74, 6) is 1.55. The maximum Gasteiger partial charge on any atom is 0.225 e. The van der Waals surface area contributed by atoms with E-state index >= 15 is 0 Å². The third-order valence-electron chi connectivity index (χ3n) is 6.19. The maximum atomic E-state index is 10.5. The standard InChI is InChI=1S/C26H32N4O2/c1-26(2,21-7-4-3-5-8-21)22-9-11-24(12-10-22)32-20-23(31)19-29-15-17-30(18-16-29)25-27-13-6-14-28-25/h3-14,23,31H,15-20H2,1-2H3. The molecule has 1 fully saturated rings. The van der Waals surface area contributed by atoms with E-state index in [0.29, 0.717) is 6.54 Å². The second-order valence-electron chi connectivity index (χ2n) is 8.82. The molecule has 168 valence electrons. The Morgan fingerprint density at radius 1 is 0.875 bits per heavy atom. The number of hydrogen-bond acceptors (Lipinski definition) is 6. The molecule has 0 radical (unpaired) electrons. The number of benzene rings is 2. The lowest BCUT2D eigenvalue weighted by atomic mass is 9.78. The van der Waals surface area contributed by atoms with Gasteiger partial charge in [0.15, 0.2) is 0 Å². The number of rotatable bonds is 8. The van der Waals surface area contributed by atoms with Crippen molar-refractivity contribution in [2.75, 3.05) is 44.2 Å². The maximum absolute atomic E-state index is 10.5. The highest BCUT2D eigenvalue weighted by atomic mass is 16.5. The van der Waals surface area contributed by atoms with E-state index < -0.39 is 6.10 Å². The van der Waals surface area contributed by atoms with Gasteiger partial charge in [-0.3, -0.25) is 4.90 Å². The molecule has 0 amide bonds. The van der Waals surface area contributed by atoms with Crippen molar-refractivity contribution in [1.82, 2.24) is 14.9 Å². The molecule has 6 heteroatoms. The Morgan fingerprint density at radius 3 is 2.16 bits per heavy atom. The first-order valence-electron chi connectivity index (χ1n) is 11.2. The van der Waals surface area contributed by atoms with Crippen molar-refractivity contribution in [2.45, 2.75) is 25.4 Å². The summed E-state index contributed by atoms with van der Waals surface area (Å²) >= 11 is 0. The fraction of sp³-hybridized carbons (Fsp3) is 0.385. The monoisotopic (exact) mass is 432 g/mol. The molecular weight excluding hydrogens is 400 g/mol. The van der Waals surface area contributed by atoms with E-state index in [2.05, 4.69) is 70.0 Å². The van der Waals surface area contributed by atoms with Crippen LogP contribution in [0.5, 0.6) is 5.75 Å². The molecule has 2 heterocycles. The lowest BCUT2D eigenvalue weighted by Gasteiger charge is -2.35. The quantitative estimate of drug-likeness (QED) is 0.589. The molecule has 1 aromatic heterocycles. The molecule has 1 N–H and O–H groups in total. The summed E-state index contributed by atoms with van der Waals surface area (Å²) in [4.78, 5) is 13.1. The Kier molecular flexibility index (Phi) is 7.02. The van der Waals surface area contributed by atoms with Crippen molar-refractivity contribution in [2.24, 2.45) is 0 Å².